The van der Waals surface area contributed by atoms with E-state index in [1.165, 1.54) is 0 Å². The number of urea groups is 1. The van der Waals surface area contributed by atoms with Gasteiger partial charge < -0.3 is 15.1 Å². The third kappa shape index (κ3) is 5.13. The molecule has 2 aliphatic heterocycles. The molecule has 6 heteroatoms. The van der Waals surface area contributed by atoms with Crippen molar-refractivity contribution in [3.63, 3.8) is 0 Å². The molecule has 3 amide bonds. The van der Waals surface area contributed by atoms with Crippen molar-refractivity contribution >= 4 is 23.5 Å². The van der Waals surface area contributed by atoms with Crippen LogP contribution in [0.4, 0.5) is 4.79 Å². The van der Waals surface area contributed by atoms with Gasteiger partial charge in [0, 0.05) is 44.2 Å². The second-order valence-electron chi connectivity index (χ2n) is 7.34. The Hall–Kier alpha value is -1.75. The molecule has 1 unspecified atom stereocenters. The van der Waals surface area contributed by atoms with E-state index in [0.717, 1.165) is 63.8 Å². The molecule has 0 aliphatic carbocycles. The van der Waals surface area contributed by atoms with E-state index in [1.54, 1.807) is 0 Å². The second-order valence-corrected chi connectivity index (χ2v) is 7.75. The molecule has 26 heavy (non-hydrogen) atoms. The second kappa shape index (κ2) is 9.26. The number of benzene rings is 1. The number of nitrogens with one attached hydrogen (secondary N) is 1. The summed E-state index contributed by atoms with van der Waals surface area (Å²) in [6.45, 7) is 3.88. The Labute approximate surface area is 160 Å². The average Bonchev–Trinajstić information content (AvgIpc) is 3.20. The first-order valence-corrected chi connectivity index (χ1v) is 10.1. The smallest absolute Gasteiger partial charge is 0.320 e. The first-order valence-electron chi connectivity index (χ1n) is 9.67. The van der Waals surface area contributed by atoms with E-state index >= 15 is 0 Å². The average molecular weight is 378 g/mol. The predicted molar refractivity (Wildman–Crippen MR) is 103 cm³/mol. The molecular formula is C20H28ClN3O2. The van der Waals surface area contributed by atoms with Crippen LogP contribution in [0.1, 0.15) is 44.1 Å². The molecule has 5 nitrogen and oxygen atoms in total. The highest BCUT2D eigenvalue weighted by Crippen LogP contribution is 2.23. The molecular weight excluding hydrogens is 350 g/mol. The summed E-state index contributed by atoms with van der Waals surface area (Å²) in [4.78, 5) is 28.6. The van der Waals surface area contributed by atoms with Gasteiger partial charge in [-0.15, -0.1) is 0 Å². The summed E-state index contributed by atoms with van der Waals surface area (Å²) in [5.74, 6) is 0.467. The third-order valence-corrected chi connectivity index (χ3v) is 5.75. The lowest BCUT2D eigenvalue weighted by atomic mass is 9.93. The maximum atomic E-state index is 12.5. The first-order chi connectivity index (χ1) is 12.6. The van der Waals surface area contributed by atoms with E-state index in [2.05, 4.69) is 5.32 Å². The van der Waals surface area contributed by atoms with Crippen molar-refractivity contribution in [1.82, 2.24) is 15.1 Å². The predicted octanol–water partition coefficient (Wildman–Crippen LogP) is 3.66. The van der Waals surface area contributed by atoms with Crippen LogP contribution in [0.15, 0.2) is 24.3 Å². The quantitative estimate of drug-likeness (QED) is 0.851. The molecule has 3 rings (SSSR count). The van der Waals surface area contributed by atoms with Crippen molar-refractivity contribution < 1.29 is 9.59 Å². The first kappa shape index (κ1) is 19.0. The highest BCUT2D eigenvalue weighted by molar-refractivity contribution is 6.31. The Bertz CT molecular complexity index is 631. The van der Waals surface area contributed by atoms with Crippen molar-refractivity contribution in [2.24, 2.45) is 5.92 Å². The molecule has 1 atom stereocenters. The lowest BCUT2D eigenvalue weighted by molar-refractivity contribution is -0.121. The molecule has 0 bridgehead atoms. The van der Waals surface area contributed by atoms with Gasteiger partial charge in [0.05, 0.1) is 0 Å². The largest absolute Gasteiger partial charge is 0.352 e. The van der Waals surface area contributed by atoms with E-state index in [9.17, 15) is 9.59 Å². The third-order valence-electron chi connectivity index (χ3n) is 5.38. The van der Waals surface area contributed by atoms with Crippen LogP contribution in [0.25, 0.3) is 0 Å². The minimum absolute atomic E-state index is 0.0490. The van der Waals surface area contributed by atoms with Crippen LogP contribution < -0.4 is 5.32 Å². The molecule has 142 valence electrons. The molecule has 1 N–H and O–H groups in total. The van der Waals surface area contributed by atoms with Gasteiger partial charge in [-0.25, -0.2) is 4.79 Å². The fourth-order valence-electron chi connectivity index (χ4n) is 3.84. The van der Waals surface area contributed by atoms with Crippen molar-refractivity contribution in [3.05, 3.63) is 34.9 Å². The zero-order valence-electron chi connectivity index (χ0n) is 15.3. The number of hydrogen-bond donors (Lipinski definition) is 1. The minimum atomic E-state index is 0.0490. The standard InChI is InChI=1S/C20H28ClN3O2/c21-18-8-2-1-7-17(18)14-22-19(25)10-9-16-6-5-13-24(15-16)20(26)23-11-3-4-12-23/h1-2,7-8,16H,3-6,9-15H2,(H,22,25). The number of piperidine rings is 1. The van der Waals surface area contributed by atoms with Crippen molar-refractivity contribution in [1.29, 1.82) is 0 Å². The lowest BCUT2D eigenvalue weighted by Gasteiger charge is -2.35. The van der Waals surface area contributed by atoms with Gasteiger partial charge in [0.15, 0.2) is 0 Å². The molecule has 2 fully saturated rings. The van der Waals surface area contributed by atoms with E-state index in [1.807, 2.05) is 34.1 Å². The van der Waals surface area contributed by atoms with Crippen LogP contribution >= 0.6 is 11.6 Å². The molecule has 0 saturated carbocycles. The van der Waals surface area contributed by atoms with Crippen molar-refractivity contribution in [3.8, 4) is 0 Å². The highest BCUT2D eigenvalue weighted by Gasteiger charge is 2.28. The van der Waals surface area contributed by atoms with Gasteiger partial charge in [0.1, 0.15) is 0 Å². The molecule has 2 heterocycles. The molecule has 1 aromatic rings. The maximum Gasteiger partial charge on any atom is 0.320 e. The summed E-state index contributed by atoms with van der Waals surface area (Å²) in [5, 5.41) is 3.62. The molecule has 0 aromatic heterocycles. The Kier molecular flexibility index (Phi) is 6.78. The van der Waals surface area contributed by atoms with Gasteiger partial charge in [-0.3, -0.25) is 4.79 Å². The molecule has 0 radical (unpaired) electrons. The Morgan fingerprint density at radius 1 is 1.08 bits per heavy atom. The summed E-state index contributed by atoms with van der Waals surface area (Å²) in [5.41, 5.74) is 0.933. The molecule has 2 saturated heterocycles. The van der Waals surface area contributed by atoms with Gasteiger partial charge in [-0.2, -0.15) is 0 Å². The SMILES string of the molecule is O=C(CCC1CCCN(C(=O)N2CCCC2)C1)NCc1ccccc1Cl. The summed E-state index contributed by atoms with van der Waals surface area (Å²) in [7, 11) is 0. The number of hydrogen-bond acceptors (Lipinski definition) is 2. The highest BCUT2D eigenvalue weighted by atomic mass is 35.5. The molecule has 1 aromatic carbocycles. The van der Waals surface area contributed by atoms with Crippen LogP contribution in [-0.4, -0.2) is 47.9 Å². The zero-order chi connectivity index (χ0) is 18.4. The summed E-state index contributed by atoms with van der Waals surface area (Å²) < 4.78 is 0. The number of nitrogens with zero attached hydrogens (tertiary/aromatic N) is 2. The number of carbonyl (C=O) groups excluding carboxylic acids is 2. The van der Waals surface area contributed by atoms with Gasteiger partial charge >= 0.3 is 6.03 Å². The van der Waals surface area contributed by atoms with Gasteiger partial charge in [0.25, 0.3) is 0 Å². The Balaban J connectivity index is 1.40. The number of likely N-dealkylation sites (tertiary alicyclic amines) is 2. The van der Waals surface area contributed by atoms with Crippen LogP contribution in [0.3, 0.4) is 0 Å². The van der Waals surface area contributed by atoms with E-state index in [-0.39, 0.29) is 11.9 Å². The summed E-state index contributed by atoms with van der Waals surface area (Å²) in [6.07, 6.45) is 5.70. The minimum Gasteiger partial charge on any atom is -0.352 e. The van der Waals surface area contributed by atoms with Gasteiger partial charge in [-0.1, -0.05) is 29.8 Å². The number of halogens is 1. The van der Waals surface area contributed by atoms with E-state index < -0.39 is 0 Å². The normalized spacial score (nSPS) is 20.3. The van der Waals surface area contributed by atoms with Gasteiger partial charge in [-0.05, 0) is 49.7 Å². The van der Waals surface area contributed by atoms with Crippen LogP contribution in [-0.2, 0) is 11.3 Å². The Morgan fingerprint density at radius 2 is 1.81 bits per heavy atom. The van der Waals surface area contributed by atoms with E-state index in [4.69, 9.17) is 11.6 Å². The summed E-state index contributed by atoms with van der Waals surface area (Å²) >= 11 is 6.11. The van der Waals surface area contributed by atoms with Crippen molar-refractivity contribution in [2.75, 3.05) is 26.2 Å². The fourth-order valence-corrected chi connectivity index (χ4v) is 4.04. The Morgan fingerprint density at radius 3 is 2.58 bits per heavy atom. The van der Waals surface area contributed by atoms with Crippen LogP contribution in [0.2, 0.25) is 5.02 Å². The summed E-state index contributed by atoms with van der Waals surface area (Å²) in [6, 6.07) is 7.74. The number of amides is 3. The van der Waals surface area contributed by atoms with Gasteiger partial charge in [0.2, 0.25) is 5.91 Å². The topological polar surface area (TPSA) is 52.7 Å². The zero-order valence-corrected chi connectivity index (χ0v) is 16.0. The maximum absolute atomic E-state index is 12.5. The monoisotopic (exact) mass is 377 g/mol. The number of rotatable bonds is 5. The van der Waals surface area contributed by atoms with Crippen LogP contribution in [0.5, 0.6) is 0 Å². The lowest BCUT2D eigenvalue weighted by Crippen LogP contribution is -2.46. The molecule has 0 spiro atoms. The van der Waals surface area contributed by atoms with E-state index in [0.29, 0.717) is 23.9 Å². The molecule has 2 aliphatic rings. The fraction of sp³-hybridized carbons (Fsp3) is 0.600. The number of carbonyl (C=O) groups is 2. The van der Waals surface area contributed by atoms with Crippen LogP contribution in [0, 0.1) is 5.92 Å². The van der Waals surface area contributed by atoms with Crippen molar-refractivity contribution in [2.45, 2.75) is 45.1 Å².